The van der Waals surface area contributed by atoms with Crippen molar-refractivity contribution in [3.8, 4) is 0 Å². The van der Waals surface area contributed by atoms with Crippen molar-refractivity contribution in [3.05, 3.63) is 29.6 Å². The average Bonchev–Trinajstić information content (AvgIpc) is 2.45. The van der Waals surface area contributed by atoms with Crippen LogP contribution in [0.3, 0.4) is 0 Å². The van der Waals surface area contributed by atoms with Crippen LogP contribution >= 0.6 is 0 Å². The molecule has 2 rings (SSSR count). The molecule has 21 heavy (non-hydrogen) atoms. The van der Waals surface area contributed by atoms with Gasteiger partial charge in [0.1, 0.15) is 0 Å². The molecule has 6 nitrogen and oxygen atoms in total. The van der Waals surface area contributed by atoms with Gasteiger partial charge < -0.3 is 0 Å². The van der Waals surface area contributed by atoms with Crippen molar-refractivity contribution < 1.29 is 8.42 Å². The van der Waals surface area contributed by atoms with Crippen molar-refractivity contribution in [3.63, 3.8) is 0 Å². The number of pyridine rings is 1. The first-order valence-corrected chi connectivity index (χ1v) is 9.09. The van der Waals surface area contributed by atoms with E-state index in [1.54, 1.807) is 4.31 Å². The zero-order valence-electron chi connectivity index (χ0n) is 12.6. The van der Waals surface area contributed by atoms with E-state index < -0.39 is 10.0 Å². The van der Waals surface area contributed by atoms with E-state index in [-0.39, 0.29) is 6.04 Å². The van der Waals surface area contributed by atoms with Crippen LogP contribution in [-0.4, -0.2) is 37.1 Å². The van der Waals surface area contributed by atoms with Gasteiger partial charge in [-0.2, -0.15) is 0 Å². The van der Waals surface area contributed by atoms with Crippen LogP contribution in [0.4, 0.5) is 0 Å². The zero-order chi connectivity index (χ0) is 15.5. The van der Waals surface area contributed by atoms with Crippen LogP contribution in [0.25, 0.3) is 0 Å². The third kappa shape index (κ3) is 4.47. The maximum atomic E-state index is 11.7. The summed E-state index contributed by atoms with van der Waals surface area (Å²) in [7, 11) is -3.10. The molecule has 0 bridgehead atoms. The van der Waals surface area contributed by atoms with Gasteiger partial charge in [0.15, 0.2) is 0 Å². The number of aryl methyl sites for hydroxylation is 1. The number of hydrogen-bond donors (Lipinski definition) is 2. The highest BCUT2D eigenvalue weighted by molar-refractivity contribution is 7.88. The van der Waals surface area contributed by atoms with Gasteiger partial charge in [0.25, 0.3) is 0 Å². The summed E-state index contributed by atoms with van der Waals surface area (Å²) in [6.45, 7) is 3.15. The number of nitrogens with two attached hydrogens (primary N) is 1. The van der Waals surface area contributed by atoms with Gasteiger partial charge >= 0.3 is 0 Å². The summed E-state index contributed by atoms with van der Waals surface area (Å²) in [5.41, 5.74) is 4.84. The first-order chi connectivity index (χ1) is 9.90. The van der Waals surface area contributed by atoms with Crippen molar-refractivity contribution in [2.75, 3.05) is 19.3 Å². The molecule has 118 valence electrons. The molecule has 0 radical (unpaired) electrons. The number of piperidine rings is 1. The standard InChI is InChI=1S/C14H24N4O2S/c1-11-5-6-13(9-16-11)14(17-15)8-12-4-3-7-18(10-12)21(2,19)20/h5-6,9,12,14,17H,3-4,7-8,10,15H2,1-2H3. The second-order valence-corrected chi connectivity index (χ2v) is 7.80. The Morgan fingerprint density at radius 3 is 2.86 bits per heavy atom. The molecular weight excluding hydrogens is 288 g/mol. The first-order valence-electron chi connectivity index (χ1n) is 7.24. The smallest absolute Gasteiger partial charge is 0.211 e. The minimum Gasteiger partial charge on any atom is -0.271 e. The Balaban J connectivity index is 2.03. The SMILES string of the molecule is Cc1ccc(C(CC2CCCN(S(C)(=O)=O)C2)NN)cn1. The monoisotopic (exact) mass is 312 g/mol. The molecule has 2 unspecified atom stereocenters. The number of nitrogens with one attached hydrogen (secondary N) is 1. The summed E-state index contributed by atoms with van der Waals surface area (Å²) in [5.74, 6) is 5.99. The van der Waals surface area contributed by atoms with Crippen molar-refractivity contribution in [1.29, 1.82) is 0 Å². The molecule has 0 amide bonds. The highest BCUT2D eigenvalue weighted by Crippen LogP contribution is 2.27. The maximum Gasteiger partial charge on any atom is 0.211 e. The van der Waals surface area contributed by atoms with Crippen molar-refractivity contribution in [1.82, 2.24) is 14.7 Å². The summed E-state index contributed by atoms with van der Waals surface area (Å²) in [5, 5.41) is 0. The van der Waals surface area contributed by atoms with Gasteiger partial charge in [0.05, 0.1) is 6.26 Å². The van der Waals surface area contributed by atoms with E-state index in [4.69, 9.17) is 5.84 Å². The number of sulfonamides is 1. The molecule has 1 aliphatic heterocycles. The minimum atomic E-state index is -3.10. The van der Waals surface area contributed by atoms with E-state index in [0.717, 1.165) is 30.5 Å². The van der Waals surface area contributed by atoms with Crippen LogP contribution in [0.1, 0.15) is 36.6 Å². The molecule has 0 spiro atoms. The van der Waals surface area contributed by atoms with Gasteiger partial charge in [-0.1, -0.05) is 6.07 Å². The van der Waals surface area contributed by atoms with Crippen LogP contribution in [0.15, 0.2) is 18.3 Å². The molecule has 1 aliphatic rings. The Hall–Kier alpha value is -1.02. The number of hydrogen-bond acceptors (Lipinski definition) is 5. The van der Waals surface area contributed by atoms with E-state index >= 15 is 0 Å². The van der Waals surface area contributed by atoms with Gasteiger partial charge in [-0.25, -0.2) is 12.7 Å². The summed E-state index contributed by atoms with van der Waals surface area (Å²) >= 11 is 0. The molecule has 2 heterocycles. The van der Waals surface area contributed by atoms with Crippen molar-refractivity contribution in [2.24, 2.45) is 11.8 Å². The van der Waals surface area contributed by atoms with Gasteiger partial charge in [0, 0.05) is 31.0 Å². The van der Waals surface area contributed by atoms with Crippen LogP contribution in [0.5, 0.6) is 0 Å². The first kappa shape index (κ1) is 16.4. The van der Waals surface area contributed by atoms with Crippen molar-refractivity contribution in [2.45, 2.75) is 32.2 Å². The normalized spacial score (nSPS) is 22.1. The molecule has 1 fully saturated rings. The molecule has 3 N–H and O–H groups in total. The van der Waals surface area contributed by atoms with E-state index in [1.165, 1.54) is 6.26 Å². The second kappa shape index (κ2) is 6.83. The third-order valence-corrected chi connectivity index (χ3v) is 5.33. The summed E-state index contributed by atoms with van der Waals surface area (Å²) < 4.78 is 24.9. The predicted molar refractivity (Wildman–Crippen MR) is 82.8 cm³/mol. The van der Waals surface area contributed by atoms with Gasteiger partial charge in [-0.05, 0) is 43.7 Å². The van der Waals surface area contributed by atoms with E-state index in [1.807, 2.05) is 25.3 Å². The van der Waals surface area contributed by atoms with E-state index in [9.17, 15) is 8.42 Å². The second-order valence-electron chi connectivity index (χ2n) is 5.82. The molecule has 2 atom stereocenters. The molecule has 1 aromatic heterocycles. The zero-order valence-corrected chi connectivity index (χ0v) is 13.4. The van der Waals surface area contributed by atoms with Crippen LogP contribution in [0.2, 0.25) is 0 Å². The van der Waals surface area contributed by atoms with E-state index in [0.29, 0.717) is 19.0 Å². The Morgan fingerprint density at radius 1 is 1.52 bits per heavy atom. The number of aromatic nitrogens is 1. The summed E-state index contributed by atoms with van der Waals surface area (Å²) in [4.78, 5) is 4.29. The fourth-order valence-corrected chi connectivity index (χ4v) is 3.78. The number of rotatable bonds is 5. The van der Waals surface area contributed by atoms with Gasteiger partial charge in [-0.3, -0.25) is 16.3 Å². The average molecular weight is 312 g/mol. The third-order valence-electron chi connectivity index (χ3n) is 4.06. The van der Waals surface area contributed by atoms with E-state index in [2.05, 4.69) is 10.4 Å². The topological polar surface area (TPSA) is 88.3 Å². The minimum absolute atomic E-state index is 0.00242. The van der Waals surface area contributed by atoms with Crippen LogP contribution < -0.4 is 11.3 Å². The highest BCUT2D eigenvalue weighted by atomic mass is 32.2. The van der Waals surface area contributed by atoms with Gasteiger partial charge in [-0.15, -0.1) is 0 Å². The Bertz CT molecular complexity index is 559. The molecule has 1 aromatic rings. The lowest BCUT2D eigenvalue weighted by Crippen LogP contribution is -2.41. The Morgan fingerprint density at radius 2 is 2.29 bits per heavy atom. The molecule has 0 saturated carbocycles. The Kier molecular flexibility index (Phi) is 5.32. The molecule has 7 heteroatoms. The quantitative estimate of drug-likeness (QED) is 0.624. The number of nitrogens with zero attached hydrogens (tertiary/aromatic N) is 2. The van der Waals surface area contributed by atoms with Gasteiger partial charge in [0.2, 0.25) is 10.0 Å². The molecule has 0 aliphatic carbocycles. The lowest BCUT2D eigenvalue weighted by Gasteiger charge is -2.32. The van der Waals surface area contributed by atoms with Crippen LogP contribution in [-0.2, 0) is 10.0 Å². The van der Waals surface area contributed by atoms with Crippen molar-refractivity contribution >= 4 is 10.0 Å². The fourth-order valence-electron chi connectivity index (χ4n) is 2.84. The Labute approximate surface area is 126 Å². The molecule has 1 saturated heterocycles. The fraction of sp³-hybridized carbons (Fsp3) is 0.643. The largest absolute Gasteiger partial charge is 0.271 e. The predicted octanol–water partition coefficient (Wildman–Crippen LogP) is 0.956. The molecule has 0 aromatic carbocycles. The van der Waals surface area contributed by atoms with Crippen LogP contribution in [0, 0.1) is 12.8 Å². The lowest BCUT2D eigenvalue weighted by molar-refractivity contribution is 0.238. The number of hydrazine groups is 1. The summed E-state index contributed by atoms with van der Waals surface area (Å²) in [6.07, 6.45) is 5.85. The maximum absolute atomic E-state index is 11.7. The lowest BCUT2D eigenvalue weighted by atomic mass is 9.90. The molecular formula is C14H24N4O2S. The highest BCUT2D eigenvalue weighted by Gasteiger charge is 2.27. The summed E-state index contributed by atoms with van der Waals surface area (Å²) in [6, 6.07) is 3.98.